The zero-order valence-electron chi connectivity index (χ0n) is 14.0. The van der Waals surface area contributed by atoms with Crippen molar-refractivity contribution in [1.82, 2.24) is 0 Å². The Morgan fingerprint density at radius 3 is 1.86 bits per heavy atom. The van der Waals surface area contributed by atoms with Crippen molar-refractivity contribution in [3.05, 3.63) is 35.9 Å². The third kappa shape index (κ3) is 11.9. The van der Waals surface area contributed by atoms with Crippen molar-refractivity contribution in [3.8, 4) is 0 Å². The second-order valence-electron chi connectivity index (χ2n) is 6.09. The van der Waals surface area contributed by atoms with Crippen molar-refractivity contribution in [3.63, 3.8) is 0 Å². The number of benzene rings is 1. The summed E-state index contributed by atoms with van der Waals surface area (Å²) in [5, 5.41) is 0. The Balaban J connectivity index is 1.75. The van der Waals surface area contributed by atoms with Crippen molar-refractivity contribution in [2.45, 2.75) is 77.6 Å². The lowest BCUT2D eigenvalue weighted by Gasteiger charge is -2.03. The largest absolute Gasteiger partial charge is 0.0806 e. The molecule has 0 aliphatic rings. The van der Waals surface area contributed by atoms with Crippen molar-refractivity contribution in [2.24, 2.45) is 0 Å². The molecule has 0 N–H and O–H groups in total. The van der Waals surface area contributed by atoms with Crippen LogP contribution in [0.15, 0.2) is 30.3 Å². The first-order valence-electron chi connectivity index (χ1n) is 9.10. The first kappa shape index (κ1) is 18.7. The molecule has 0 aromatic heterocycles. The molecule has 0 saturated carbocycles. The van der Waals surface area contributed by atoms with Gasteiger partial charge in [-0.25, -0.2) is 0 Å². The van der Waals surface area contributed by atoms with Gasteiger partial charge in [0.2, 0.25) is 0 Å². The summed E-state index contributed by atoms with van der Waals surface area (Å²) in [4.78, 5) is 0. The van der Waals surface area contributed by atoms with Crippen molar-refractivity contribution >= 4 is 8.58 Å². The maximum atomic E-state index is 2.29. The van der Waals surface area contributed by atoms with E-state index in [0.29, 0.717) is 0 Å². The summed E-state index contributed by atoms with van der Waals surface area (Å²) in [6, 6.07) is 10.9. The lowest BCUT2D eigenvalue weighted by molar-refractivity contribution is 0.563. The van der Waals surface area contributed by atoms with Crippen LogP contribution in [0.4, 0.5) is 0 Å². The summed E-state index contributed by atoms with van der Waals surface area (Å²) >= 11 is 0. The van der Waals surface area contributed by atoms with Crippen LogP contribution in [-0.2, 0) is 6.42 Å². The quantitative estimate of drug-likeness (QED) is 0.254. The SMILES string of the molecule is CCCCCCCCCCCC[P]CCc1ccccc1. The Morgan fingerprint density at radius 1 is 0.667 bits per heavy atom. The van der Waals surface area contributed by atoms with Crippen molar-refractivity contribution in [2.75, 3.05) is 12.3 Å². The van der Waals surface area contributed by atoms with Gasteiger partial charge in [0.05, 0.1) is 0 Å². The van der Waals surface area contributed by atoms with E-state index in [-0.39, 0.29) is 0 Å². The normalized spacial score (nSPS) is 11.5. The molecule has 0 aliphatic heterocycles. The first-order valence-corrected chi connectivity index (χ1v) is 10.4. The number of rotatable bonds is 14. The Bertz CT molecular complexity index is 307. The lowest BCUT2D eigenvalue weighted by Crippen LogP contribution is -1.88. The van der Waals surface area contributed by atoms with E-state index in [1.165, 1.54) is 88.5 Å². The topological polar surface area (TPSA) is 0 Å². The van der Waals surface area contributed by atoms with Crippen LogP contribution in [-0.4, -0.2) is 12.3 Å². The summed E-state index contributed by atoms with van der Waals surface area (Å²) in [5.41, 5.74) is 1.49. The molecule has 1 heteroatoms. The fourth-order valence-electron chi connectivity index (χ4n) is 2.68. The molecule has 0 fully saturated rings. The molecule has 21 heavy (non-hydrogen) atoms. The molecule has 1 radical (unpaired) electrons. The van der Waals surface area contributed by atoms with E-state index in [9.17, 15) is 0 Å². The Morgan fingerprint density at radius 2 is 1.24 bits per heavy atom. The predicted molar refractivity (Wildman–Crippen MR) is 98.6 cm³/mol. The van der Waals surface area contributed by atoms with Gasteiger partial charge in [0.15, 0.2) is 0 Å². The summed E-state index contributed by atoms with van der Waals surface area (Å²) in [5.74, 6) is 0. The zero-order valence-corrected chi connectivity index (χ0v) is 14.9. The number of aryl methyl sites for hydroxylation is 1. The molecule has 0 nitrogen and oxygen atoms in total. The molecule has 0 spiro atoms. The van der Waals surface area contributed by atoms with Gasteiger partial charge in [-0.05, 0) is 30.7 Å². The molecule has 1 aromatic carbocycles. The highest BCUT2D eigenvalue weighted by atomic mass is 31.1. The van der Waals surface area contributed by atoms with Crippen LogP contribution in [0.3, 0.4) is 0 Å². The number of hydrogen-bond donors (Lipinski definition) is 0. The summed E-state index contributed by atoms with van der Waals surface area (Å²) in [7, 11) is 1.65. The van der Waals surface area contributed by atoms with Gasteiger partial charge in [-0.1, -0.05) is 104 Å². The maximum absolute atomic E-state index is 2.29. The highest BCUT2D eigenvalue weighted by Crippen LogP contribution is 2.17. The van der Waals surface area contributed by atoms with E-state index in [1.54, 1.807) is 8.58 Å². The predicted octanol–water partition coefficient (Wildman–Crippen LogP) is 7.10. The Kier molecular flexibility index (Phi) is 13.0. The van der Waals surface area contributed by atoms with Gasteiger partial charge in [-0.2, -0.15) is 0 Å². The Hall–Kier alpha value is -0.350. The smallest absolute Gasteiger partial charge is 0.0236 e. The summed E-state index contributed by atoms with van der Waals surface area (Å²) in [6.07, 6.45) is 18.5. The van der Waals surface area contributed by atoms with Crippen LogP contribution in [0.5, 0.6) is 0 Å². The first-order chi connectivity index (χ1) is 10.4. The minimum atomic E-state index is 1.25. The van der Waals surface area contributed by atoms with Gasteiger partial charge in [-0.15, -0.1) is 0 Å². The van der Waals surface area contributed by atoms with Gasteiger partial charge in [0.1, 0.15) is 0 Å². The monoisotopic (exact) mass is 305 g/mol. The number of unbranched alkanes of at least 4 members (excludes halogenated alkanes) is 9. The van der Waals surface area contributed by atoms with E-state index < -0.39 is 0 Å². The molecule has 0 amide bonds. The number of hydrogen-bond acceptors (Lipinski definition) is 0. The molecular formula is C20H34P. The molecule has 0 saturated heterocycles. The minimum Gasteiger partial charge on any atom is -0.0806 e. The molecule has 0 unspecified atom stereocenters. The van der Waals surface area contributed by atoms with Crippen LogP contribution in [0, 0.1) is 0 Å². The van der Waals surface area contributed by atoms with Gasteiger partial charge in [-0.3, -0.25) is 0 Å². The highest BCUT2D eigenvalue weighted by molar-refractivity contribution is 7.37. The molecule has 0 aliphatic carbocycles. The van der Waals surface area contributed by atoms with Crippen LogP contribution in [0.1, 0.15) is 76.7 Å². The Labute approximate surface area is 134 Å². The lowest BCUT2D eigenvalue weighted by atomic mass is 10.1. The third-order valence-corrected chi connectivity index (χ3v) is 5.24. The van der Waals surface area contributed by atoms with Gasteiger partial charge >= 0.3 is 0 Å². The fourth-order valence-corrected chi connectivity index (χ4v) is 3.76. The molecule has 0 atom stereocenters. The zero-order chi connectivity index (χ0) is 15.0. The van der Waals surface area contributed by atoms with Crippen LogP contribution in [0.25, 0.3) is 0 Å². The molecule has 1 rings (SSSR count). The van der Waals surface area contributed by atoms with E-state index in [2.05, 4.69) is 37.3 Å². The van der Waals surface area contributed by atoms with Crippen LogP contribution < -0.4 is 0 Å². The van der Waals surface area contributed by atoms with E-state index >= 15 is 0 Å². The molecule has 1 aromatic rings. The summed E-state index contributed by atoms with van der Waals surface area (Å²) < 4.78 is 0. The standard InChI is InChI=1S/C20H34P/c1-2-3-4-5-6-7-8-9-10-14-18-21-19-17-20-15-12-11-13-16-20/h11-13,15-16H,2-10,14,17-19H2,1H3. The van der Waals surface area contributed by atoms with Gasteiger partial charge in [0.25, 0.3) is 0 Å². The third-order valence-electron chi connectivity index (χ3n) is 4.07. The highest BCUT2D eigenvalue weighted by Gasteiger charge is 1.95. The van der Waals surface area contributed by atoms with E-state index in [4.69, 9.17) is 0 Å². The van der Waals surface area contributed by atoms with E-state index in [1.807, 2.05) is 0 Å². The van der Waals surface area contributed by atoms with Crippen LogP contribution >= 0.6 is 8.58 Å². The molecule has 0 heterocycles. The van der Waals surface area contributed by atoms with Gasteiger partial charge < -0.3 is 0 Å². The summed E-state index contributed by atoms with van der Waals surface area (Å²) in [6.45, 7) is 2.29. The fraction of sp³-hybridized carbons (Fsp3) is 0.700. The van der Waals surface area contributed by atoms with E-state index in [0.717, 1.165) is 0 Å². The van der Waals surface area contributed by atoms with Crippen molar-refractivity contribution in [1.29, 1.82) is 0 Å². The van der Waals surface area contributed by atoms with Crippen molar-refractivity contribution < 1.29 is 0 Å². The minimum absolute atomic E-state index is 1.25. The van der Waals surface area contributed by atoms with Gasteiger partial charge in [0, 0.05) is 0 Å². The second-order valence-corrected chi connectivity index (χ2v) is 7.43. The molecular weight excluding hydrogens is 271 g/mol. The average molecular weight is 305 g/mol. The maximum Gasteiger partial charge on any atom is -0.0236 e. The average Bonchev–Trinajstić information content (AvgIpc) is 2.53. The van der Waals surface area contributed by atoms with Crippen LogP contribution in [0.2, 0.25) is 0 Å². The second kappa shape index (κ2) is 14.6. The molecule has 119 valence electrons. The molecule has 0 bridgehead atoms.